The molecule has 4 aromatic carbocycles. The molecule has 382 valence electrons. The Morgan fingerprint density at radius 3 is 2.31 bits per heavy atom. The number of allylic oxidation sites excluding steroid dienone is 1. The zero-order chi connectivity index (χ0) is 49.8. The number of unbranched alkanes of at least 4 members (excludes halogenated alkanes) is 10. The van der Waals surface area contributed by atoms with E-state index in [1.165, 1.54) is 38.5 Å². The lowest BCUT2D eigenvalue weighted by molar-refractivity contribution is -0.258. The summed E-state index contributed by atoms with van der Waals surface area (Å²) in [5.41, 5.74) is 4.58. The molecule has 11 nitrogen and oxygen atoms in total. The van der Waals surface area contributed by atoms with E-state index in [1.54, 1.807) is 12.1 Å². The molecular formula is C60H79N3O8. The van der Waals surface area contributed by atoms with Crippen LogP contribution in [0, 0.1) is 17.8 Å². The summed E-state index contributed by atoms with van der Waals surface area (Å²) in [5.74, 6) is -1.09. The first kappa shape index (κ1) is 53.3. The Labute approximate surface area is 422 Å². The second-order valence-corrected chi connectivity index (χ2v) is 19.7. The molecule has 3 aliphatic rings. The monoisotopic (exact) mass is 970 g/mol. The molecule has 4 aromatic rings. The maximum Gasteiger partial charge on any atom is 0.412 e. The molecule has 1 aliphatic heterocycles. The molecule has 0 bridgehead atoms. The predicted octanol–water partition coefficient (Wildman–Crippen LogP) is 12.7. The largest absolute Gasteiger partial charge is 0.459 e. The van der Waals surface area contributed by atoms with E-state index in [2.05, 4.69) is 55.2 Å². The van der Waals surface area contributed by atoms with E-state index in [-0.39, 0.29) is 43.5 Å². The Kier molecular flexibility index (Phi) is 20.5. The minimum Gasteiger partial charge on any atom is -0.459 e. The Bertz CT molecular complexity index is 2380. The smallest absolute Gasteiger partial charge is 0.412 e. The number of hydrogen-bond donors (Lipinski definition) is 3. The lowest BCUT2D eigenvalue weighted by atomic mass is 9.55. The van der Waals surface area contributed by atoms with Gasteiger partial charge in [0.2, 0.25) is 11.7 Å². The van der Waals surface area contributed by atoms with Crippen molar-refractivity contribution in [1.29, 1.82) is 0 Å². The number of ether oxygens (including phenoxy) is 3. The SMILES string of the molecule is C=CCOC12Oc3ccc(OC(=O)NCc4ccccc4)cc3C3C(CCCCO)C(CCCCO)C=C(C(=NOCC)CC1N(Cc1cccc4ccccc14)C(=O)CCCCCCCCCCC)C32. The van der Waals surface area contributed by atoms with Crippen LogP contribution in [0.2, 0.25) is 0 Å². The van der Waals surface area contributed by atoms with Crippen LogP contribution in [0.15, 0.2) is 120 Å². The number of nitrogens with zero attached hydrogens (tertiary/aromatic N) is 2. The predicted molar refractivity (Wildman–Crippen MR) is 282 cm³/mol. The van der Waals surface area contributed by atoms with Gasteiger partial charge >= 0.3 is 6.09 Å². The number of carbonyl (C=O) groups excluding carboxylic acids is 2. The van der Waals surface area contributed by atoms with Crippen LogP contribution < -0.4 is 14.8 Å². The van der Waals surface area contributed by atoms with E-state index in [4.69, 9.17) is 24.2 Å². The van der Waals surface area contributed by atoms with Crippen molar-refractivity contribution in [3.63, 3.8) is 0 Å². The third kappa shape index (κ3) is 13.5. The summed E-state index contributed by atoms with van der Waals surface area (Å²) < 4.78 is 20.8. The maximum absolute atomic E-state index is 15.4. The van der Waals surface area contributed by atoms with Gasteiger partial charge in [0.05, 0.1) is 18.2 Å². The lowest BCUT2D eigenvalue weighted by Crippen LogP contribution is -2.70. The van der Waals surface area contributed by atoms with Crippen LogP contribution in [0.4, 0.5) is 4.79 Å². The highest BCUT2D eigenvalue weighted by Crippen LogP contribution is 2.62. The van der Waals surface area contributed by atoms with E-state index >= 15 is 4.79 Å². The number of oxime groups is 1. The van der Waals surface area contributed by atoms with Gasteiger partial charge in [-0.05, 0) is 96.5 Å². The molecule has 0 spiro atoms. The van der Waals surface area contributed by atoms with Crippen molar-refractivity contribution in [2.24, 2.45) is 22.9 Å². The topological polar surface area (TPSA) is 139 Å². The molecule has 6 unspecified atom stereocenters. The summed E-state index contributed by atoms with van der Waals surface area (Å²) in [5, 5.41) is 30.1. The molecule has 0 radical (unpaired) electrons. The van der Waals surface area contributed by atoms with E-state index < -0.39 is 23.8 Å². The molecule has 0 saturated heterocycles. The number of fused-ring (bicyclic) bond motifs is 3. The average molecular weight is 970 g/mol. The van der Waals surface area contributed by atoms with Crippen molar-refractivity contribution in [2.45, 2.75) is 154 Å². The maximum atomic E-state index is 15.4. The molecule has 7 rings (SSSR count). The number of benzene rings is 4. The molecule has 71 heavy (non-hydrogen) atoms. The highest BCUT2D eigenvalue weighted by molar-refractivity contribution is 6.03. The summed E-state index contributed by atoms with van der Waals surface area (Å²) in [6.45, 7) is 9.63. The molecule has 0 aromatic heterocycles. The number of hydrogen-bond acceptors (Lipinski definition) is 9. The molecule has 3 N–H and O–H groups in total. The van der Waals surface area contributed by atoms with Crippen LogP contribution in [0.25, 0.3) is 10.8 Å². The second kappa shape index (κ2) is 27.4. The number of aliphatic hydroxyl groups excluding tert-OH is 2. The number of nitrogens with one attached hydrogen (secondary N) is 1. The van der Waals surface area contributed by atoms with E-state index in [0.717, 1.165) is 83.7 Å². The van der Waals surface area contributed by atoms with Crippen molar-refractivity contribution < 1.29 is 38.9 Å². The van der Waals surface area contributed by atoms with Crippen molar-refractivity contribution in [2.75, 3.05) is 26.4 Å². The zero-order valence-electron chi connectivity index (χ0n) is 42.4. The molecule has 11 heteroatoms. The van der Waals surface area contributed by atoms with Crippen molar-refractivity contribution in [3.8, 4) is 11.5 Å². The minimum atomic E-state index is -1.41. The van der Waals surface area contributed by atoms with Crippen LogP contribution in [0.5, 0.6) is 11.5 Å². The highest BCUT2D eigenvalue weighted by atomic mass is 16.7. The quantitative estimate of drug-likeness (QED) is 0.0278. The van der Waals surface area contributed by atoms with Crippen molar-refractivity contribution in [1.82, 2.24) is 10.2 Å². The fourth-order valence-electron chi connectivity index (χ4n) is 11.5. The minimum absolute atomic E-state index is 0.0155. The highest BCUT2D eigenvalue weighted by Gasteiger charge is 2.65. The summed E-state index contributed by atoms with van der Waals surface area (Å²) in [6.07, 6.45) is 19.1. The molecule has 6 atom stereocenters. The van der Waals surface area contributed by atoms with Crippen LogP contribution in [0.1, 0.15) is 146 Å². The van der Waals surface area contributed by atoms with E-state index in [9.17, 15) is 15.0 Å². The lowest BCUT2D eigenvalue weighted by Gasteiger charge is -2.60. The van der Waals surface area contributed by atoms with Crippen LogP contribution >= 0.6 is 0 Å². The van der Waals surface area contributed by atoms with E-state index in [0.29, 0.717) is 56.9 Å². The van der Waals surface area contributed by atoms with Crippen molar-refractivity contribution >= 4 is 28.5 Å². The third-order valence-corrected chi connectivity index (χ3v) is 14.9. The molecule has 1 saturated carbocycles. The first-order valence-corrected chi connectivity index (χ1v) is 26.8. The van der Waals surface area contributed by atoms with Crippen LogP contribution in [-0.4, -0.2) is 71.1 Å². The normalized spacial score (nSPS) is 21.7. The summed E-state index contributed by atoms with van der Waals surface area (Å²) >= 11 is 0. The second-order valence-electron chi connectivity index (χ2n) is 19.7. The Morgan fingerprint density at radius 2 is 1.56 bits per heavy atom. The number of rotatable bonds is 29. The molecule has 2 aliphatic carbocycles. The van der Waals surface area contributed by atoms with Crippen molar-refractivity contribution in [3.05, 3.63) is 132 Å². The Balaban J connectivity index is 1.35. The van der Waals surface area contributed by atoms with E-state index in [1.807, 2.05) is 66.4 Å². The number of aliphatic hydroxyl groups is 2. The van der Waals surface area contributed by atoms with Gasteiger partial charge in [-0.25, -0.2) is 4.79 Å². The van der Waals surface area contributed by atoms with Gasteiger partial charge in [0.15, 0.2) is 0 Å². The first-order chi connectivity index (χ1) is 34.8. The van der Waals surface area contributed by atoms with Gasteiger partial charge in [-0.15, -0.1) is 6.58 Å². The van der Waals surface area contributed by atoms with Gasteiger partial charge < -0.3 is 39.5 Å². The number of amides is 2. The van der Waals surface area contributed by atoms with Gasteiger partial charge in [-0.2, -0.15) is 0 Å². The summed E-state index contributed by atoms with van der Waals surface area (Å²) in [6, 6.07) is 29.3. The summed E-state index contributed by atoms with van der Waals surface area (Å²) in [7, 11) is 0. The molecule has 2 amide bonds. The average Bonchev–Trinajstić information content (AvgIpc) is 3.39. The Morgan fingerprint density at radius 1 is 0.845 bits per heavy atom. The van der Waals surface area contributed by atoms with Gasteiger partial charge in [0, 0.05) is 50.6 Å². The first-order valence-electron chi connectivity index (χ1n) is 26.8. The Hall–Kier alpha value is -5.49. The summed E-state index contributed by atoms with van der Waals surface area (Å²) in [4.78, 5) is 36.9. The molecule has 1 heterocycles. The van der Waals surface area contributed by atoms with Gasteiger partial charge in [0.1, 0.15) is 24.1 Å². The third-order valence-electron chi connectivity index (χ3n) is 14.9. The molecule has 1 fully saturated rings. The standard InChI is InChI=1S/C60H79N3O8/c1-4-7-8-9-10-11-12-13-17-33-56(66)63(43-47-30-24-29-45-27-18-19-31-49(45)47)55-41-53(62-69-6-3)51-39-46(28-20-22-36-64)50(32-21-23-37-65)57-52-40-48(70-59(67)61-42-44-25-15-14-16-26-44)34-35-54(52)71-60(55,58(51)57)68-38-5-2/h5,14-16,18-19,24-27,29-31,34-35,39-40,46,50,55,57-58,64-65H,2,4,6-13,17,20-23,28,32-33,36-38,41-43H2,1,3H3,(H,61,67). The molecular weight excluding hydrogens is 891 g/mol. The fraction of sp³-hybridized carbons (Fsp3) is 0.517. The van der Waals surface area contributed by atoms with Gasteiger partial charge in [-0.1, -0.05) is 161 Å². The van der Waals surface area contributed by atoms with Crippen LogP contribution in [-0.2, 0) is 27.5 Å². The van der Waals surface area contributed by atoms with Gasteiger partial charge in [0.25, 0.3) is 0 Å². The number of carbonyl (C=O) groups is 2. The fourth-order valence-corrected chi connectivity index (χ4v) is 11.5. The van der Waals surface area contributed by atoms with Crippen LogP contribution in [0.3, 0.4) is 0 Å². The van der Waals surface area contributed by atoms with Gasteiger partial charge in [-0.3, -0.25) is 4.79 Å². The zero-order valence-corrected chi connectivity index (χ0v) is 42.4.